The maximum atomic E-state index is 9.87. The Balaban J connectivity index is 2.11. The van der Waals surface area contributed by atoms with Gasteiger partial charge < -0.3 is 16.2 Å². The predicted molar refractivity (Wildman–Crippen MR) is 80.1 cm³/mol. The van der Waals surface area contributed by atoms with E-state index in [2.05, 4.69) is 24.1 Å². The van der Waals surface area contributed by atoms with Crippen molar-refractivity contribution >= 4 is 22.3 Å². The molecule has 1 aromatic heterocycles. The summed E-state index contributed by atoms with van der Waals surface area (Å²) in [4.78, 5) is 4.26. The van der Waals surface area contributed by atoms with Crippen molar-refractivity contribution in [3.8, 4) is 0 Å². The number of aliphatic hydroxyl groups excluding tert-OH is 1. The molecule has 2 rings (SSSR count). The van der Waals surface area contributed by atoms with Crippen LogP contribution < -0.4 is 11.1 Å². The van der Waals surface area contributed by atoms with E-state index in [0.717, 1.165) is 23.0 Å². The number of nitrogens with one attached hydrogen (secondary N) is 1. The average molecular weight is 259 g/mol. The summed E-state index contributed by atoms with van der Waals surface area (Å²) in [6.45, 7) is 4.70. The molecule has 0 amide bonds. The zero-order valence-electron chi connectivity index (χ0n) is 11.4. The van der Waals surface area contributed by atoms with Crippen molar-refractivity contribution in [2.45, 2.75) is 26.4 Å². The summed E-state index contributed by atoms with van der Waals surface area (Å²) in [7, 11) is 0. The molecule has 4 nitrogen and oxygen atoms in total. The molecule has 0 saturated heterocycles. The molecule has 4 heteroatoms. The third-order valence-corrected chi connectivity index (χ3v) is 3.10. The molecule has 0 bridgehead atoms. The first-order valence-corrected chi connectivity index (χ1v) is 6.63. The van der Waals surface area contributed by atoms with Crippen LogP contribution in [0.5, 0.6) is 0 Å². The van der Waals surface area contributed by atoms with Gasteiger partial charge in [-0.2, -0.15) is 0 Å². The number of nitrogen functional groups attached to an aromatic ring is 1. The van der Waals surface area contributed by atoms with E-state index in [9.17, 15) is 5.11 Å². The van der Waals surface area contributed by atoms with Crippen molar-refractivity contribution in [3.05, 3.63) is 30.5 Å². The van der Waals surface area contributed by atoms with Crippen LogP contribution in [0.4, 0.5) is 11.4 Å². The lowest BCUT2D eigenvalue weighted by Crippen LogP contribution is -2.21. The number of hydrogen-bond donors (Lipinski definition) is 3. The molecule has 0 spiro atoms. The number of benzene rings is 1. The van der Waals surface area contributed by atoms with Gasteiger partial charge in [-0.15, -0.1) is 0 Å². The van der Waals surface area contributed by atoms with E-state index in [1.165, 1.54) is 0 Å². The van der Waals surface area contributed by atoms with Gasteiger partial charge in [0.15, 0.2) is 0 Å². The maximum absolute atomic E-state index is 9.87. The van der Waals surface area contributed by atoms with Gasteiger partial charge in [0.2, 0.25) is 0 Å². The zero-order chi connectivity index (χ0) is 13.8. The standard InChI is InChI=1S/C15H21N3O/c1-10(2)8-11(19)9-18-14-6-5-13-12(15(14)16)4-3-7-17-13/h3-7,10-11,18-19H,8-9,16H2,1-2H3. The molecule has 0 saturated carbocycles. The molecule has 1 heterocycles. The molecule has 2 aromatic rings. The predicted octanol–water partition coefficient (Wildman–Crippen LogP) is 2.64. The van der Waals surface area contributed by atoms with Gasteiger partial charge in [0.1, 0.15) is 0 Å². The van der Waals surface area contributed by atoms with E-state index in [1.807, 2.05) is 24.3 Å². The van der Waals surface area contributed by atoms with Crippen LogP contribution in [0.1, 0.15) is 20.3 Å². The molecule has 1 aromatic carbocycles. The molecule has 102 valence electrons. The quantitative estimate of drug-likeness (QED) is 0.722. The SMILES string of the molecule is CC(C)CC(O)CNc1ccc2ncccc2c1N. The molecular weight excluding hydrogens is 238 g/mol. The maximum Gasteiger partial charge on any atom is 0.0724 e. The van der Waals surface area contributed by atoms with Crippen LogP contribution in [0, 0.1) is 5.92 Å². The Morgan fingerprint density at radius 1 is 1.32 bits per heavy atom. The van der Waals surface area contributed by atoms with Crippen molar-refractivity contribution in [2.24, 2.45) is 5.92 Å². The molecule has 0 aliphatic carbocycles. The Kier molecular flexibility index (Phi) is 4.22. The van der Waals surface area contributed by atoms with Crippen molar-refractivity contribution in [1.29, 1.82) is 0 Å². The lowest BCUT2D eigenvalue weighted by molar-refractivity contribution is 0.161. The minimum Gasteiger partial charge on any atom is -0.397 e. The van der Waals surface area contributed by atoms with Gasteiger partial charge in [-0.25, -0.2) is 0 Å². The van der Waals surface area contributed by atoms with E-state index in [0.29, 0.717) is 18.2 Å². The molecule has 0 aliphatic rings. The van der Waals surface area contributed by atoms with Crippen LogP contribution in [-0.2, 0) is 0 Å². The minimum atomic E-state index is -0.357. The molecule has 0 radical (unpaired) electrons. The summed E-state index contributed by atoms with van der Waals surface area (Å²) < 4.78 is 0. The first kappa shape index (κ1) is 13.6. The molecule has 0 fully saturated rings. The Labute approximate surface area is 113 Å². The highest BCUT2D eigenvalue weighted by Gasteiger charge is 2.09. The van der Waals surface area contributed by atoms with Crippen LogP contribution in [0.15, 0.2) is 30.5 Å². The summed E-state index contributed by atoms with van der Waals surface area (Å²) >= 11 is 0. The third kappa shape index (κ3) is 3.35. The van der Waals surface area contributed by atoms with Crippen LogP contribution in [-0.4, -0.2) is 22.7 Å². The fourth-order valence-corrected chi connectivity index (χ4v) is 2.18. The number of pyridine rings is 1. The topological polar surface area (TPSA) is 71.2 Å². The average Bonchev–Trinajstić information content (AvgIpc) is 2.37. The number of fused-ring (bicyclic) bond motifs is 1. The smallest absolute Gasteiger partial charge is 0.0724 e. The van der Waals surface area contributed by atoms with Crippen LogP contribution >= 0.6 is 0 Å². The first-order chi connectivity index (χ1) is 9.08. The number of hydrogen-bond acceptors (Lipinski definition) is 4. The summed E-state index contributed by atoms with van der Waals surface area (Å²) in [6, 6.07) is 7.67. The van der Waals surface area contributed by atoms with Crippen molar-refractivity contribution in [3.63, 3.8) is 0 Å². The monoisotopic (exact) mass is 259 g/mol. The molecule has 0 aliphatic heterocycles. The van der Waals surface area contributed by atoms with Gasteiger partial charge in [0.25, 0.3) is 0 Å². The number of nitrogens with zero attached hydrogens (tertiary/aromatic N) is 1. The van der Waals surface area contributed by atoms with Crippen LogP contribution in [0.25, 0.3) is 10.9 Å². The van der Waals surface area contributed by atoms with Crippen molar-refractivity contribution in [2.75, 3.05) is 17.6 Å². The zero-order valence-corrected chi connectivity index (χ0v) is 11.4. The molecule has 1 atom stereocenters. The Morgan fingerprint density at radius 2 is 2.11 bits per heavy atom. The fraction of sp³-hybridized carbons (Fsp3) is 0.400. The number of aliphatic hydroxyl groups is 1. The number of nitrogens with two attached hydrogens (primary N) is 1. The second-order valence-electron chi connectivity index (χ2n) is 5.26. The molecular formula is C15H21N3O. The minimum absolute atomic E-state index is 0.357. The number of anilines is 2. The van der Waals surface area contributed by atoms with E-state index in [4.69, 9.17) is 5.73 Å². The lowest BCUT2D eigenvalue weighted by atomic mass is 10.1. The van der Waals surface area contributed by atoms with Crippen molar-refractivity contribution in [1.82, 2.24) is 4.98 Å². The summed E-state index contributed by atoms with van der Waals surface area (Å²) in [5, 5.41) is 14.0. The van der Waals surface area contributed by atoms with E-state index in [1.54, 1.807) is 6.20 Å². The lowest BCUT2D eigenvalue weighted by Gasteiger charge is -2.16. The normalized spacial score (nSPS) is 12.8. The Morgan fingerprint density at radius 3 is 2.84 bits per heavy atom. The van der Waals surface area contributed by atoms with Gasteiger partial charge in [0.05, 0.1) is 23.0 Å². The van der Waals surface area contributed by atoms with Gasteiger partial charge in [-0.1, -0.05) is 13.8 Å². The second kappa shape index (κ2) is 5.89. The van der Waals surface area contributed by atoms with Gasteiger partial charge >= 0.3 is 0 Å². The Hall–Kier alpha value is -1.81. The highest BCUT2D eigenvalue weighted by atomic mass is 16.3. The summed E-state index contributed by atoms with van der Waals surface area (Å²) in [6.07, 6.45) is 2.17. The molecule has 4 N–H and O–H groups in total. The number of rotatable bonds is 5. The van der Waals surface area contributed by atoms with Crippen LogP contribution in [0.3, 0.4) is 0 Å². The molecule has 1 unspecified atom stereocenters. The largest absolute Gasteiger partial charge is 0.397 e. The highest BCUT2D eigenvalue weighted by molar-refractivity contribution is 5.96. The highest BCUT2D eigenvalue weighted by Crippen LogP contribution is 2.27. The van der Waals surface area contributed by atoms with Crippen molar-refractivity contribution < 1.29 is 5.11 Å². The first-order valence-electron chi connectivity index (χ1n) is 6.63. The summed E-state index contributed by atoms with van der Waals surface area (Å²) in [5.74, 6) is 0.481. The fourth-order valence-electron chi connectivity index (χ4n) is 2.18. The van der Waals surface area contributed by atoms with Gasteiger partial charge in [0, 0.05) is 18.1 Å². The second-order valence-corrected chi connectivity index (χ2v) is 5.26. The van der Waals surface area contributed by atoms with E-state index in [-0.39, 0.29) is 6.10 Å². The van der Waals surface area contributed by atoms with Gasteiger partial charge in [-0.3, -0.25) is 4.98 Å². The van der Waals surface area contributed by atoms with E-state index < -0.39 is 0 Å². The van der Waals surface area contributed by atoms with Gasteiger partial charge in [-0.05, 0) is 36.6 Å². The Bertz CT molecular complexity index is 554. The van der Waals surface area contributed by atoms with Crippen LogP contribution in [0.2, 0.25) is 0 Å². The summed E-state index contributed by atoms with van der Waals surface area (Å²) in [5.41, 5.74) is 8.54. The molecule has 19 heavy (non-hydrogen) atoms. The number of aromatic nitrogens is 1. The van der Waals surface area contributed by atoms with E-state index >= 15 is 0 Å². The third-order valence-electron chi connectivity index (χ3n) is 3.10.